The summed E-state index contributed by atoms with van der Waals surface area (Å²) in [5.41, 5.74) is 0. The zero-order valence-corrected chi connectivity index (χ0v) is 9.90. The Bertz CT molecular complexity index is 272. The molecule has 0 radical (unpaired) electrons. The van der Waals surface area contributed by atoms with Crippen molar-refractivity contribution in [3.8, 4) is 0 Å². The van der Waals surface area contributed by atoms with Gasteiger partial charge < -0.3 is 24.4 Å². The lowest BCUT2D eigenvalue weighted by atomic mass is 10.3. The molecular formula is C8H19NO6S. The zero-order chi connectivity index (χ0) is 12.7. The Balaban J connectivity index is 4.76. The van der Waals surface area contributed by atoms with E-state index in [1.165, 1.54) is 0 Å². The summed E-state index contributed by atoms with van der Waals surface area (Å²) in [5.74, 6) is -0.672. The van der Waals surface area contributed by atoms with Crippen molar-refractivity contribution in [3.05, 3.63) is 0 Å². The maximum atomic E-state index is 10.8. The van der Waals surface area contributed by atoms with Crippen LogP contribution in [0.4, 0.5) is 0 Å². The van der Waals surface area contributed by atoms with Crippen LogP contribution in [0.5, 0.6) is 0 Å². The second-order valence-corrected chi connectivity index (χ2v) is 5.10. The number of aliphatic hydroxyl groups is 3. The fourth-order valence-electron chi connectivity index (χ4n) is 1.69. The third kappa shape index (κ3) is 6.36. The molecule has 0 rings (SSSR count). The highest BCUT2D eigenvalue weighted by atomic mass is 32.2. The largest absolute Gasteiger partial charge is 0.744 e. The fraction of sp³-hybridized carbons (Fsp3) is 1.00. The van der Waals surface area contributed by atoms with E-state index in [2.05, 4.69) is 0 Å². The number of aliphatic hydroxyl groups excluding tert-OH is 3. The first-order valence-electron chi connectivity index (χ1n) is 5.00. The van der Waals surface area contributed by atoms with Gasteiger partial charge in [-0.15, -0.1) is 0 Å². The van der Waals surface area contributed by atoms with Crippen molar-refractivity contribution in [3.63, 3.8) is 0 Å². The predicted octanol–water partition coefficient (Wildman–Crippen LogP) is -2.33. The van der Waals surface area contributed by atoms with Gasteiger partial charge in [0, 0.05) is 13.0 Å². The van der Waals surface area contributed by atoms with E-state index in [1.54, 1.807) is 0 Å². The normalized spacial score (nSPS) is 13.0. The molecule has 0 fully saturated rings. The Morgan fingerprint density at radius 1 is 0.938 bits per heavy atom. The Labute approximate surface area is 95.3 Å². The minimum absolute atomic E-state index is 0.0715. The van der Waals surface area contributed by atoms with E-state index in [0.717, 1.165) is 0 Å². The van der Waals surface area contributed by atoms with Gasteiger partial charge in [0.05, 0.1) is 19.8 Å². The molecule has 0 aliphatic heterocycles. The molecule has 0 unspecified atom stereocenters. The molecule has 98 valence electrons. The van der Waals surface area contributed by atoms with Gasteiger partial charge >= 0.3 is 0 Å². The van der Waals surface area contributed by atoms with Crippen LogP contribution >= 0.6 is 0 Å². The smallest absolute Gasteiger partial charge is 0.169 e. The van der Waals surface area contributed by atoms with Crippen molar-refractivity contribution >= 4 is 10.1 Å². The van der Waals surface area contributed by atoms with Gasteiger partial charge in [-0.2, -0.15) is 0 Å². The Hall–Kier alpha value is -0.250. The summed E-state index contributed by atoms with van der Waals surface area (Å²) >= 11 is 0. The molecule has 0 aliphatic rings. The summed E-state index contributed by atoms with van der Waals surface area (Å²) in [6, 6.07) is 0. The molecule has 0 spiro atoms. The zero-order valence-electron chi connectivity index (χ0n) is 9.08. The summed E-state index contributed by atoms with van der Waals surface area (Å²) in [6.45, 7) is -0.305. The van der Waals surface area contributed by atoms with Crippen molar-refractivity contribution in [1.29, 1.82) is 0 Å². The minimum Gasteiger partial charge on any atom is -0.744 e. The van der Waals surface area contributed by atoms with Crippen molar-refractivity contribution in [1.82, 2.24) is 0 Å². The number of hydrogen-bond acceptors (Lipinski definition) is 6. The van der Waals surface area contributed by atoms with E-state index in [4.69, 9.17) is 15.3 Å². The van der Waals surface area contributed by atoms with Gasteiger partial charge in [-0.1, -0.05) is 0 Å². The van der Waals surface area contributed by atoms with Gasteiger partial charge in [-0.25, -0.2) is 8.42 Å². The van der Waals surface area contributed by atoms with Gasteiger partial charge in [-0.3, -0.25) is 0 Å². The van der Waals surface area contributed by atoms with Gasteiger partial charge in [0.1, 0.15) is 23.2 Å². The molecule has 16 heavy (non-hydrogen) atoms. The van der Waals surface area contributed by atoms with Crippen LogP contribution in [0.25, 0.3) is 0 Å². The van der Waals surface area contributed by atoms with E-state index in [9.17, 15) is 13.0 Å². The molecule has 0 atom stereocenters. The van der Waals surface area contributed by atoms with Crippen molar-refractivity contribution < 1.29 is 32.8 Å². The average Bonchev–Trinajstić information content (AvgIpc) is 2.13. The second kappa shape index (κ2) is 7.15. The Morgan fingerprint density at radius 2 is 1.44 bits per heavy atom. The molecule has 8 heteroatoms. The molecule has 0 saturated heterocycles. The maximum absolute atomic E-state index is 10.8. The molecule has 0 aromatic heterocycles. The molecule has 0 aliphatic carbocycles. The van der Waals surface area contributed by atoms with Crippen molar-refractivity contribution in [2.45, 2.75) is 6.42 Å². The third-order valence-electron chi connectivity index (χ3n) is 2.37. The SMILES string of the molecule is O=S(=O)([O-])C[N+](CCO)(CCO)CCCO. The standard InChI is InChI=1S/C8H19NO6S/c10-5-1-2-9(3-6-11,4-7-12)8-16(13,14)15/h10-12H,1-8H2. The van der Waals surface area contributed by atoms with Crippen LogP contribution < -0.4 is 0 Å². The number of quaternary nitrogens is 1. The van der Waals surface area contributed by atoms with Crippen molar-refractivity contribution in [2.75, 3.05) is 45.3 Å². The second-order valence-electron chi connectivity index (χ2n) is 3.72. The van der Waals surface area contributed by atoms with Crippen molar-refractivity contribution in [2.24, 2.45) is 0 Å². The monoisotopic (exact) mass is 257 g/mol. The van der Waals surface area contributed by atoms with Crippen LogP contribution in [0.15, 0.2) is 0 Å². The van der Waals surface area contributed by atoms with Crippen LogP contribution in [0, 0.1) is 0 Å². The highest BCUT2D eigenvalue weighted by Crippen LogP contribution is 2.10. The topological polar surface area (TPSA) is 118 Å². The Morgan fingerprint density at radius 3 is 1.75 bits per heavy atom. The van der Waals surface area contributed by atoms with E-state index in [1.807, 2.05) is 0 Å². The average molecular weight is 257 g/mol. The lowest BCUT2D eigenvalue weighted by Crippen LogP contribution is -2.55. The number of nitrogens with zero attached hydrogens (tertiary/aromatic N) is 1. The van der Waals surface area contributed by atoms with Gasteiger partial charge in [0.15, 0.2) is 5.88 Å². The van der Waals surface area contributed by atoms with E-state index >= 15 is 0 Å². The first kappa shape index (κ1) is 15.8. The summed E-state index contributed by atoms with van der Waals surface area (Å²) in [4.78, 5) is 0. The fourth-order valence-corrected chi connectivity index (χ4v) is 2.75. The maximum Gasteiger partial charge on any atom is 0.169 e. The predicted molar refractivity (Wildman–Crippen MR) is 55.3 cm³/mol. The lowest BCUT2D eigenvalue weighted by Gasteiger charge is -2.38. The van der Waals surface area contributed by atoms with Crippen LogP contribution in [0.1, 0.15) is 6.42 Å². The third-order valence-corrected chi connectivity index (χ3v) is 3.24. The first-order valence-corrected chi connectivity index (χ1v) is 6.58. The minimum atomic E-state index is -4.44. The van der Waals surface area contributed by atoms with Gasteiger partial charge in [-0.05, 0) is 0 Å². The van der Waals surface area contributed by atoms with Crippen LogP contribution in [-0.2, 0) is 10.1 Å². The highest BCUT2D eigenvalue weighted by molar-refractivity contribution is 7.85. The quantitative estimate of drug-likeness (QED) is 0.315. The van der Waals surface area contributed by atoms with Gasteiger partial charge in [0.2, 0.25) is 0 Å². The Kier molecular flexibility index (Phi) is 7.04. The molecule has 7 nitrogen and oxygen atoms in total. The van der Waals surface area contributed by atoms with E-state index in [-0.39, 0.29) is 43.9 Å². The summed E-state index contributed by atoms with van der Waals surface area (Å²) < 4.78 is 32.1. The van der Waals surface area contributed by atoms with Gasteiger partial charge in [0.25, 0.3) is 0 Å². The lowest BCUT2D eigenvalue weighted by molar-refractivity contribution is -0.918. The molecule has 0 heterocycles. The highest BCUT2D eigenvalue weighted by Gasteiger charge is 2.28. The first-order chi connectivity index (χ1) is 7.39. The summed E-state index contributed by atoms with van der Waals surface area (Å²) in [5, 5.41) is 26.4. The molecule has 0 amide bonds. The summed E-state index contributed by atoms with van der Waals surface area (Å²) in [7, 11) is -4.44. The molecular weight excluding hydrogens is 238 g/mol. The van der Waals surface area contributed by atoms with E-state index < -0.39 is 16.0 Å². The van der Waals surface area contributed by atoms with E-state index in [0.29, 0.717) is 6.42 Å². The van der Waals surface area contributed by atoms with Crippen LogP contribution in [0.3, 0.4) is 0 Å². The van der Waals surface area contributed by atoms with Crippen LogP contribution in [-0.4, -0.2) is 78.1 Å². The summed E-state index contributed by atoms with van der Waals surface area (Å²) in [6.07, 6.45) is 0.315. The number of hydrogen-bond donors (Lipinski definition) is 3. The molecule has 0 saturated carbocycles. The molecule has 0 aromatic rings. The molecule has 0 bridgehead atoms. The van der Waals surface area contributed by atoms with Crippen LogP contribution in [0.2, 0.25) is 0 Å². The number of rotatable bonds is 9. The molecule has 0 aromatic carbocycles. The molecule has 3 N–H and O–H groups in total.